The highest BCUT2D eigenvalue weighted by Crippen LogP contribution is 2.36. The topological polar surface area (TPSA) is 53.5 Å². The van der Waals surface area contributed by atoms with Gasteiger partial charge >= 0.3 is 0 Å². The van der Waals surface area contributed by atoms with Crippen molar-refractivity contribution in [3.05, 3.63) is 41.1 Å². The molecule has 158 valence electrons. The molecule has 2 fully saturated rings. The van der Waals surface area contributed by atoms with Gasteiger partial charge in [-0.05, 0) is 43.5 Å². The van der Waals surface area contributed by atoms with Crippen LogP contribution in [0.25, 0.3) is 5.57 Å². The fourth-order valence-corrected chi connectivity index (χ4v) is 4.97. The molecule has 1 aromatic carbocycles. The molecule has 1 saturated carbocycles. The summed E-state index contributed by atoms with van der Waals surface area (Å²) < 4.78 is 5.44. The van der Waals surface area contributed by atoms with Crippen molar-refractivity contribution in [2.45, 2.75) is 38.6 Å². The highest BCUT2D eigenvalue weighted by Gasteiger charge is 2.28. The Labute approximate surface area is 182 Å². The van der Waals surface area contributed by atoms with Crippen molar-refractivity contribution >= 4 is 40.3 Å². The minimum atomic E-state index is 0.582. The monoisotopic (exact) mass is 425 g/mol. The Morgan fingerprint density at radius 1 is 1.17 bits per heavy atom. The minimum Gasteiger partial charge on any atom is -0.378 e. The van der Waals surface area contributed by atoms with Crippen molar-refractivity contribution in [1.82, 2.24) is 9.97 Å². The first-order valence-corrected chi connectivity index (χ1v) is 11.3. The third-order valence-electron chi connectivity index (χ3n) is 6.38. The smallest absolute Gasteiger partial charge is 0.229 e. The highest BCUT2D eigenvalue weighted by molar-refractivity contribution is 6.33. The molecule has 1 aromatic heterocycles. The van der Waals surface area contributed by atoms with Crippen molar-refractivity contribution < 1.29 is 4.74 Å². The van der Waals surface area contributed by atoms with Crippen LogP contribution in [0.3, 0.4) is 0 Å². The third kappa shape index (κ3) is 3.86. The molecule has 0 spiro atoms. The maximum absolute atomic E-state index is 6.59. The van der Waals surface area contributed by atoms with Gasteiger partial charge in [0.25, 0.3) is 0 Å². The predicted octanol–water partition coefficient (Wildman–Crippen LogP) is 4.88. The number of nitrogens with zero attached hydrogens (tertiary/aromatic N) is 4. The molecule has 0 amide bonds. The second-order valence-corrected chi connectivity index (χ2v) is 8.71. The number of hydrogen-bond donors (Lipinski definition) is 1. The van der Waals surface area contributed by atoms with E-state index in [-0.39, 0.29) is 0 Å². The zero-order valence-electron chi connectivity index (χ0n) is 17.4. The molecular formula is C23H28ClN5O. The van der Waals surface area contributed by atoms with Crippen molar-refractivity contribution in [2.75, 3.05) is 48.0 Å². The van der Waals surface area contributed by atoms with Gasteiger partial charge in [0.15, 0.2) is 0 Å². The Hall–Kier alpha value is -2.31. The lowest BCUT2D eigenvalue weighted by atomic mass is 10.0. The quantitative estimate of drug-likeness (QED) is 0.753. The number of morpholine rings is 1. The number of anilines is 4. The number of benzene rings is 1. The van der Waals surface area contributed by atoms with Crippen LogP contribution in [0.5, 0.6) is 0 Å². The lowest BCUT2D eigenvalue weighted by molar-refractivity contribution is 0.122. The standard InChI is InChI=1S/C23H28ClN5O/c1-16-8-9-29(18-4-2-3-5-18)22-19(16)15-25-23(27-22)26-17-6-7-21(20(24)14-17)28-10-12-30-13-11-28/h6-8,14-15,18H,2-5,9-13H2,1H3,(H,25,26,27). The van der Waals surface area contributed by atoms with E-state index >= 15 is 0 Å². The molecule has 3 aliphatic rings. The summed E-state index contributed by atoms with van der Waals surface area (Å²) in [5.74, 6) is 1.66. The first-order valence-electron chi connectivity index (χ1n) is 10.9. The van der Waals surface area contributed by atoms with E-state index in [1.54, 1.807) is 0 Å². The first-order chi connectivity index (χ1) is 14.7. The van der Waals surface area contributed by atoms with E-state index in [2.05, 4.69) is 39.2 Å². The normalized spacial score (nSPS) is 19.6. The van der Waals surface area contributed by atoms with Crippen molar-refractivity contribution in [2.24, 2.45) is 0 Å². The zero-order chi connectivity index (χ0) is 20.5. The van der Waals surface area contributed by atoms with Crippen LogP contribution in [0, 0.1) is 0 Å². The van der Waals surface area contributed by atoms with Gasteiger partial charge in [0.1, 0.15) is 5.82 Å². The van der Waals surface area contributed by atoms with Crippen LogP contribution in [0.15, 0.2) is 30.5 Å². The van der Waals surface area contributed by atoms with Crippen LogP contribution in [-0.4, -0.2) is 48.9 Å². The molecule has 0 atom stereocenters. The summed E-state index contributed by atoms with van der Waals surface area (Å²) in [6.07, 6.45) is 9.35. The molecule has 1 aliphatic carbocycles. The van der Waals surface area contributed by atoms with Crippen LogP contribution < -0.4 is 15.1 Å². The van der Waals surface area contributed by atoms with Crippen LogP contribution in [-0.2, 0) is 4.74 Å². The molecule has 2 aromatic rings. The Morgan fingerprint density at radius 3 is 2.73 bits per heavy atom. The number of rotatable bonds is 4. The summed E-state index contributed by atoms with van der Waals surface area (Å²) in [6.45, 7) is 6.29. The summed E-state index contributed by atoms with van der Waals surface area (Å²) in [5.41, 5.74) is 4.33. The molecule has 30 heavy (non-hydrogen) atoms. The van der Waals surface area contributed by atoms with Crippen molar-refractivity contribution in [3.8, 4) is 0 Å². The van der Waals surface area contributed by atoms with Gasteiger partial charge in [-0.2, -0.15) is 4.98 Å². The average molecular weight is 426 g/mol. The van der Waals surface area contributed by atoms with Gasteiger partial charge in [-0.25, -0.2) is 4.98 Å². The number of fused-ring (bicyclic) bond motifs is 1. The van der Waals surface area contributed by atoms with E-state index in [1.165, 1.54) is 31.3 Å². The lowest BCUT2D eigenvalue weighted by Crippen LogP contribution is -2.36. The van der Waals surface area contributed by atoms with Crippen LogP contribution in [0.1, 0.15) is 38.2 Å². The van der Waals surface area contributed by atoms with Gasteiger partial charge in [-0.15, -0.1) is 0 Å². The molecule has 3 heterocycles. The van der Waals surface area contributed by atoms with E-state index in [0.29, 0.717) is 12.0 Å². The molecule has 0 bridgehead atoms. The summed E-state index contributed by atoms with van der Waals surface area (Å²) in [4.78, 5) is 14.2. The summed E-state index contributed by atoms with van der Waals surface area (Å²) in [7, 11) is 0. The number of aromatic nitrogens is 2. The number of hydrogen-bond acceptors (Lipinski definition) is 6. The molecular weight excluding hydrogens is 398 g/mol. The molecule has 0 radical (unpaired) electrons. The van der Waals surface area contributed by atoms with Gasteiger partial charge < -0.3 is 19.9 Å². The summed E-state index contributed by atoms with van der Waals surface area (Å²) in [5, 5.41) is 4.08. The van der Waals surface area contributed by atoms with E-state index in [9.17, 15) is 0 Å². The number of allylic oxidation sites excluding steroid dienone is 1. The zero-order valence-corrected chi connectivity index (χ0v) is 18.2. The molecule has 1 N–H and O–H groups in total. The van der Waals surface area contributed by atoms with Crippen molar-refractivity contribution in [1.29, 1.82) is 0 Å². The number of ether oxygens (including phenoxy) is 1. The molecule has 6 nitrogen and oxygen atoms in total. The van der Waals surface area contributed by atoms with Gasteiger partial charge in [0, 0.05) is 43.1 Å². The average Bonchev–Trinajstić information content (AvgIpc) is 3.29. The second-order valence-electron chi connectivity index (χ2n) is 8.30. The van der Waals surface area contributed by atoms with E-state index in [0.717, 1.165) is 60.6 Å². The molecule has 5 rings (SSSR count). The fourth-order valence-electron chi connectivity index (χ4n) is 4.67. The number of halogens is 1. The minimum absolute atomic E-state index is 0.582. The van der Waals surface area contributed by atoms with Crippen LogP contribution >= 0.6 is 11.6 Å². The maximum atomic E-state index is 6.59. The second kappa shape index (κ2) is 8.44. The third-order valence-corrected chi connectivity index (χ3v) is 6.68. The van der Waals surface area contributed by atoms with Gasteiger partial charge in [-0.1, -0.05) is 30.5 Å². The lowest BCUT2D eigenvalue weighted by Gasteiger charge is -2.34. The molecule has 2 aliphatic heterocycles. The maximum Gasteiger partial charge on any atom is 0.229 e. The largest absolute Gasteiger partial charge is 0.378 e. The molecule has 0 unspecified atom stereocenters. The summed E-state index contributed by atoms with van der Waals surface area (Å²) in [6, 6.07) is 6.64. The van der Waals surface area contributed by atoms with Crippen LogP contribution in [0.2, 0.25) is 5.02 Å². The Bertz CT molecular complexity index is 951. The Morgan fingerprint density at radius 2 is 1.97 bits per heavy atom. The number of nitrogens with one attached hydrogen (secondary N) is 1. The van der Waals surface area contributed by atoms with Gasteiger partial charge in [0.05, 0.1) is 23.9 Å². The van der Waals surface area contributed by atoms with E-state index in [1.807, 2.05) is 18.3 Å². The van der Waals surface area contributed by atoms with Crippen LogP contribution in [0.4, 0.5) is 23.1 Å². The van der Waals surface area contributed by atoms with E-state index < -0.39 is 0 Å². The Kier molecular flexibility index (Phi) is 5.52. The predicted molar refractivity (Wildman–Crippen MR) is 123 cm³/mol. The summed E-state index contributed by atoms with van der Waals surface area (Å²) >= 11 is 6.59. The molecule has 7 heteroatoms. The van der Waals surface area contributed by atoms with E-state index in [4.69, 9.17) is 21.3 Å². The first kappa shape index (κ1) is 19.6. The van der Waals surface area contributed by atoms with Gasteiger partial charge in [-0.3, -0.25) is 0 Å². The molecule has 1 saturated heterocycles. The van der Waals surface area contributed by atoms with Crippen molar-refractivity contribution in [3.63, 3.8) is 0 Å². The fraction of sp³-hybridized carbons (Fsp3) is 0.478. The highest BCUT2D eigenvalue weighted by atomic mass is 35.5. The van der Waals surface area contributed by atoms with Gasteiger partial charge in [0.2, 0.25) is 5.95 Å². The SMILES string of the molecule is CC1=CCN(C2CCCC2)c2nc(Nc3ccc(N4CCOCC4)c(Cl)c3)ncc21. The Balaban J connectivity index is 1.38.